The summed E-state index contributed by atoms with van der Waals surface area (Å²) in [5, 5.41) is 5.65. The first kappa shape index (κ1) is 16.6. The van der Waals surface area contributed by atoms with Gasteiger partial charge in [0.1, 0.15) is 0 Å². The third-order valence-corrected chi connectivity index (χ3v) is 4.57. The summed E-state index contributed by atoms with van der Waals surface area (Å²) in [4.78, 5) is 0. The zero-order valence-corrected chi connectivity index (χ0v) is 14.2. The molecule has 0 unspecified atom stereocenters. The fourth-order valence-corrected chi connectivity index (χ4v) is 3.50. The third kappa shape index (κ3) is 2.64. The van der Waals surface area contributed by atoms with Gasteiger partial charge in [-0.05, 0) is 23.4 Å². The number of fused-ring (bicyclic) bond motifs is 3. The predicted molar refractivity (Wildman–Crippen MR) is 97.1 cm³/mol. The highest BCUT2D eigenvalue weighted by Crippen LogP contribution is 2.37. The minimum Gasteiger partial charge on any atom is -0.236 e. The van der Waals surface area contributed by atoms with Crippen molar-refractivity contribution >= 4 is 16.3 Å². The maximum Gasteiger partial charge on any atom is 0.435 e. The highest BCUT2D eigenvalue weighted by molar-refractivity contribution is 6.05. The number of alkyl halides is 3. The van der Waals surface area contributed by atoms with Crippen LogP contribution in [0.3, 0.4) is 0 Å². The first-order valence-electron chi connectivity index (χ1n) is 8.56. The molecule has 0 amide bonds. The van der Waals surface area contributed by atoms with Gasteiger partial charge in [-0.15, -0.1) is 0 Å². The topological polar surface area (TPSA) is 17.3 Å². The van der Waals surface area contributed by atoms with Crippen LogP contribution in [0.4, 0.5) is 13.2 Å². The Morgan fingerprint density at radius 3 is 2.23 bits per heavy atom. The second kappa shape index (κ2) is 6.16. The molecule has 4 aromatic rings. The van der Waals surface area contributed by atoms with Crippen LogP contribution in [0.15, 0.2) is 60.7 Å². The first-order valence-corrected chi connectivity index (χ1v) is 8.56. The van der Waals surface area contributed by atoms with Gasteiger partial charge in [0.25, 0.3) is 0 Å². The molecule has 0 aliphatic rings. The van der Waals surface area contributed by atoms with Crippen LogP contribution in [-0.2, 0) is 12.6 Å². The largest absolute Gasteiger partial charge is 0.435 e. The lowest BCUT2D eigenvalue weighted by Crippen LogP contribution is -2.08. The molecular weight excluding hydrogens is 337 g/mol. The molecule has 0 bridgehead atoms. The standard InChI is InChI=1S/C21H17F3N2/c1-2-8-17-20(14-9-4-3-5-10-14)16-12-7-6-11-15(16)18-13-19(21(22,23)24)25-26(17)18/h3-7,9-13H,2,8H2,1H3. The van der Waals surface area contributed by atoms with Crippen LogP contribution in [0.1, 0.15) is 24.7 Å². The van der Waals surface area contributed by atoms with Gasteiger partial charge < -0.3 is 0 Å². The molecule has 2 heterocycles. The molecule has 0 atom stereocenters. The summed E-state index contributed by atoms with van der Waals surface area (Å²) in [5.41, 5.74) is 2.38. The fourth-order valence-electron chi connectivity index (χ4n) is 3.50. The molecule has 0 N–H and O–H groups in total. The van der Waals surface area contributed by atoms with E-state index >= 15 is 0 Å². The summed E-state index contributed by atoms with van der Waals surface area (Å²) in [7, 11) is 0. The van der Waals surface area contributed by atoms with E-state index in [1.165, 1.54) is 4.52 Å². The van der Waals surface area contributed by atoms with Crippen LogP contribution in [0.25, 0.3) is 27.4 Å². The average molecular weight is 354 g/mol. The van der Waals surface area contributed by atoms with E-state index in [1.807, 2.05) is 61.5 Å². The number of aromatic nitrogens is 2. The first-order chi connectivity index (χ1) is 12.5. The van der Waals surface area contributed by atoms with Crippen LogP contribution >= 0.6 is 0 Å². The lowest BCUT2D eigenvalue weighted by Gasteiger charge is -2.16. The van der Waals surface area contributed by atoms with Crippen LogP contribution < -0.4 is 0 Å². The second-order valence-corrected chi connectivity index (χ2v) is 6.31. The Labute approximate surface area is 148 Å². The van der Waals surface area contributed by atoms with Crippen LogP contribution in [0.2, 0.25) is 0 Å². The van der Waals surface area contributed by atoms with E-state index in [2.05, 4.69) is 5.10 Å². The number of benzene rings is 2. The monoisotopic (exact) mass is 354 g/mol. The van der Waals surface area contributed by atoms with Crippen molar-refractivity contribution in [3.8, 4) is 11.1 Å². The van der Waals surface area contributed by atoms with Crippen molar-refractivity contribution in [1.29, 1.82) is 0 Å². The van der Waals surface area contributed by atoms with E-state index in [9.17, 15) is 13.2 Å². The Morgan fingerprint density at radius 2 is 1.58 bits per heavy atom. The van der Waals surface area contributed by atoms with E-state index in [0.29, 0.717) is 11.9 Å². The van der Waals surface area contributed by atoms with Gasteiger partial charge in [-0.2, -0.15) is 18.3 Å². The number of nitrogens with zero attached hydrogens (tertiary/aromatic N) is 2. The second-order valence-electron chi connectivity index (χ2n) is 6.31. The fraction of sp³-hybridized carbons (Fsp3) is 0.190. The molecule has 0 saturated carbocycles. The number of pyridine rings is 1. The van der Waals surface area contributed by atoms with Gasteiger partial charge in [0.15, 0.2) is 5.69 Å². The van der Waals surface area contributed by atoms with E-state index in [-0.39, 0.29) is 0 Å². The summed E-state index contributed by atoms with van der Waals surface area (Å²) in [6, 6.07) is 18.5. The van der Waals surface area contributed by atoms with Crippen LogP contribution in [0.5, 0.6) is 0 Å². The summed E-state index contributed by atoms with van der Waals surface area (Å²) >= 11 is 0. The lowest BCUT2D eigenvalue weighted by atomic mass is 9.94. The molecule has 26 heavy (non-hydrogen) atoms. The Morgan fingerprint density at radius 1 is 0.923 bits per heavy atom. The number of halogens is 3. The van der Waals surface area contributed by atoms with Gasteiger partial charge in [-0.25, -0.2) is 4.52 Å². The zero-order valence-electron chi connectivity index (χ0n) is 14.2. The highest BCUT2D eigenvalue weighted by Gasteiger charge is 2.35. The Bertz CT molecular complexity index is 1080. The molecule has 2 aromatic carbocycles. The Balaban J connectivity index is 2.19. The predicted octanol–water partition coefficient (Wildman–Crippen LogP) is 6.13. The van der Waals surface area contributed by atoms with E-state index < -0.39 is 11.9 Å². The van der Waals surface area contributed by atoms with E-state index in [4.69, 9.17) is 0 Å². The molecule has 2 aromatic heterocycles. The van der Waals surface area contributed by atoms with Crippen molar-refractivity contribution < 1.29 is 13.2 Å². The van der Waals surface area contributed by atoms with Crippen molar-refractivity contribution in [3.05, 3.63) is 72.1 Å². The maximum absolute atomic E-state index is 13.3. The average Bonchev–Trinajstić information content (AvgIpc) is 3.09. The summed E-state index contributed by atoms with van der Waals surface area (Å²) in [6.07, 6.45) is -3.01. The molecule has 0 aliphatic carbocycles. The smallest absolute Gasteiger partial charge is 0.236 e. The zero-order chi connectivity index (χ0) is 18.3. The van der Waals surface area contributed by atoms with Gasteiger partial charge in [0, 0.05) is 10.9 Å². The van der Waals surface area contributed by atoms with E-state index in [0.717, 1.165) is 40.1 Å². The number of hydrogen-bond donors (Lipinski definition) is 0. The van der Waals surface area contributed by atoms with Gasteiger partial charge in [0.05, 0.1) is 11.2 Å². The molecule has 0 radical (unpaired) electrons. The normalized spacial score (nSPS) is 12.2. The summed E-state index contributed by atoms with van der Waals surface area (Å²) in [5.74, 6) is 0. The maximum atomic E-state index is 13.3. The van der Waals surface area contributed by atoms with Gasteiger partial charge >= 0.3 is 6.18 Å². The quantitative estimate of drug-likeness (QED) is 0.433. The molecule has 2 nitrogen and oxygen atoms in total. The number of hydrogen-bond acceptors (Lipinski definition) is 1. The Hall–Kier alpha value is -2.82. The van der Waals surface area contributed by atoms with Crippen molar-refractivity contribution in [3.63, 3.8) is 0 Å². The minimum absolute atomic E-state index is 0.496. The minimum atomic E-state index is -4.47. The molecule has 4 rings (SSSR count). The molecule has 0 saturated heterocycles. The number of rotatable bonds is 3. The van der Waals surface area contributed by atoms with Gasteiger partial charge in [-0.1, -0.05) is 67.9 Å². The molecule has 0 fully saturated rings. The van der Waals surface area contributed by atoms with Crippen LogP contribution in [-0.4, -0.2) is 9.61 Å². The number of aryl methyl sites for hydroxylation is 1. The molecule has 132 valence electrons. The summed E-state index contributed by atoms with van der Waals surface area (Å²) < 4.78 is 41.4. The highest BCUT2D eigenvalue weighted by atomic mass is 19.4. The van der Waals surface area contributed by atoms with Crippen molar-refractivity contribution in [1.82, 2.24) is 9.61 Å². The van der Waals surface area contributed by atoms with Gasteiger partial charge in [0.2, 0.25) is 0 Å². The molecule has 5 heteroatoms. The van der Waals surface area contributed by atoms with Crippen LogP contribution in [0, 0.1) is 0 Å². The molecule has 0 aliphatic heterocycles. The van der Waals surface area contributed by atoms with Gasteiger partial charge in [-0.3, -0.25) is 0 Å². The van der Waals surface area contributed by atoms with Crippen molar-refractivity contribution in [2.75, 3.05) is 0 Å². The van der Waals surface area contributed by atoms with Crippen molar-refractivity contribution in [2.24, 2.45) is 0 Å². The molecular formula is C21H17F3N2. The lowest BCUT2D eigenvalue weighted by molar-refractivity contribution is -0.141. The van der Waals surface area contributed by atoms with Crippen molar-refractivity contribution in [2.45, 2.75) is 25.9 Å². The third-order valence-electron chi connectivity index (χ3n) is 4.57. The summed E-state index contributed by atoms with van der Waals surface area (Å²) in [6.45, 7) is 2.02. The SMILES string of the molecule is CCCc1c(-c2ccccc2)c2ccccc2c2cc(C(F)(F)F)nn12. The Kier molecular flexibility index (Phi) is 3.94. The molecule has 0 spiro atoms. The van der Waals surface area contributed by atoms with E-state index in [1.54, 1.807) is 0 Å².